The molecule has 96 valence electrons. The number of rotatable bonds is 5. The van der Waals surface area contributed by atoms with Gasteiger partial charge < -0.3 is 11.1 Å². The third kappa shape index (κ3) is 2.95. The first-order chi connectivity index (χ1) is 8.70. The molecule has 0 radical (unpaired) electrons. The predicted octanol–water partition coefficient (Wildman–Crippen LogP) is 1.39. The van der Waals surface area contributed by atoms with Crippen LogP contribution in [0, 0.1) is 0 Å². The number of fused-ring (bicyclic) bond motifs is 1. The van der Waals surface area contributed by atoms with Crippen LogP contribution in [0.25, 0.3) is 10.9 Å². The van der Waals surface area contributed by atoms with E-state index in [0.29, 0.717) is 23.7 Å². The average molecular weight is 264 g/mol. The second-order valence-electron chi connectivity index (χ2n) is 3.86. The van der Waals surface area contributed by atoms with E-state index in [-0.39, 0.29) is 0 Å². The SMILES string of the molecule is CCS(=O)CCNc1ncnc2cc(N)ccc12. The third-order valence-corrected chi connectivity index (χ3v) is 3.91. The van der Waals surface area contributed by atoms with Crippen molar-refractivity contribution in [3.8, 4) is 0 Å². The lowest BCUT2D eigenvalue weighted by Crippen LogP contribution is -2.13. The second kappa shape index (κ2) is 5.77. The summed E-state index contributed by atoms with van der Waals surface area (Å²) in [5, 5.41) is 4.11. The van der Waals surface area contributed by atoms with E-state index in [2.05, 4.69) is 15.3 Å². The second-order valence-corrected chi connectivity index (χ2v) is 5.72. The fraction of sp³-hybridized carbons (Fsp3) is 0.333. The van der Waals surface area contributed by atoms with Gasteiger partial charge in [0.25, 0.3) is 0 Å². The molecule has 6 heteroatoms. The maximum atomic E-state index is 11.3. The molecule has 0 saturated carbocycles. The summed E-state index contributed by atoms with van der Waals surface area (Å²) >= 11 is 0. The predicted molar refractivity (Wildman–Crippen MR) is 76.0 cm³/mol. The van der Waals surface area contributed by atoms with Gasteiger partial charge in [0.15, 0.2) is 0 Å². The monoisotopic (exact) mass is 264 g/mol. The minimum absolute atomic E-state index is 0.622. The quantitative estimate of drug-likeness (QED) is 0.798. The highest BCUT2D eigenvalue weighted by Gasteiger charge is 2.04. The van der Waals surface area contributed by atoms with E-state index >= 15 is 0 Å². The maximum absolute atomic E-state index is 11.3. The molecule has 0 fully saturated rings. The van der Waals surface area contributed by atoms with Gasteiger partial charge >= 0.3 is 0 Å². The van der Waals surface area contributed by atoms with E-state index in [0.717, 1.165) is 16.7 Å². The summed E-state index contributed by atoms with van der Waals surface area (Å²) in [6.45, 7) is 2.55. The highest BCUT2D eigenvalue weighted by atomic mass is 32.2. The van der Waals surface area contributed by atoms with Crippen LogP contribution in [0.4, 0.5) is 11.5 Å². The van der Waals surface area contributed by atoms with E-state index in [4.69, 9.17) is 5.73 Å². The maximum Gasteiger partial charge on any atom is 0.137 e. The number of benzene rings is 1. The smallest absolute Gasteiger partial charge is 0.137 e. The zero-order valence-electron chi connectivity index (χ0n) is 10.2. The molecule has 0 aliphatic rings. The highest BCUT2D eigenvalue weighted by molar-refractivity contribution is 7.84. The number of nitrogens with two attached hydrogens (primary N) is 1. The number of hydrogen-bond acceptors (Lipinski definition) is 5. The Morgan fingerprint density at radius 2 is 2.22 bits per heavy atom. The van der Waals surface area contributed by atoms with Crippen molar-refractivity contribution in [2.45, 2.75) is 6.92 Å². The van der Waals surface area contributed by atoms with Crippen molar-refractivity contribution in [3.63, 3.8) is 0 Å². The Labute approximate surface area is 108 Å². The molecule has 0 aliphatic carbocycles. The minimum atomic E-state index is -0.764. The van der Waals surface area contributed by atoms with Gasteiger partial charge in [-0.15, -0.1) is 0 Å². The van der Waals surface area contributed by atoms with Crippen molar-refractivity contribution < 1.29 is 4.21 Å². The van der Waals surface area contributed by atoms with Gasteiger partial charge in [0.2, 0.25) is 0 Å². The number of nitrogen functional groups attached to an aromatic ring is 1. The summed E-state index contributed by atoms with van der Waals surface area (Å²) in [6.07, 6.45) is 1.50. The van der Waals surface area contributed by atoms with Crippen molar-refractivity contribution in [2.75, 3.05) is 29.1 Å². The number of nitrogens with zero attached hydrogens (tertiary/aromatic N) is 2. The lowest BCUT2D eigenvalue weighted by atomic mass is 10.2. The van der Waals surface area contributed by atoms with Crippen LogP contribution in [0.3, 0.4) is 0 Å². The van der Waals surface area contributed by atoms with Gasteiger partial charge in [0.1, 0.15) is 12.1 Å². The van der Waals surface area contributed by atoms with Crippen LogP contribution < -0.4 is 11.1 Å². The summed E-state index contributed by atoms with van der Waals surface area (Å²) in [5.74, 6) is 2.06. The first kappa shape index (κ1) is 12.8. The van der Waals surface area contributed by atoms with Crippen molar-refractivity contribution >= 4 is 33.2 Å². The van der Waals surface area contributed by atoms with Gasteiger partial charge in [-0.25, -0.2) is 9.97 Å². The minimum Gasteiger partial charge on any atom is -0.399 e. The molecule has 0 saturated heterocycles. The van der Waals surface area contributed by atoms with Crippen LogP contribution in [0.15, 0.2) is 24.5 Å². The normalized spacial score (nSPS) is 12.5. The van der Waals surface area contributed by atoms with Crippen molar-refractivity contribution in [1.82, 2.24) is 9.97 Å². The molecule has 1 aromatic heterocycles. The van der Waals surface area contributed by atoms with Crippen LogP contribution in [-0.2, 0) is 10.8 Å². The molecule has 1 aromatic carbocycles. The van der Waals surface area contributed by atoms with Crippen LogP contribution >= 0.6 is 0 Å². The molecule has 0 spiro atoms. The molecular formula is C12H16N4OS. The number of aromatic nitrogens is 2. The Balaban J connectivity index is 2.15. The molecule has 1 heterocycles. The Morgan fingerprint density at radius 1 is 1.39 bits per heavy atom. The molecule has 0 bridgehead atoms. The summed E-state index contributed by atoms with van der Waals surface area (Å²) in [7, 11) is -0.764. The summed E-state index contributed by atoms with van der Waals surface area (Å²) in [5.41, 5.74) is 7.20. The fourth-order valence-corrected chi connectivity index (χ4v) is 2.26. The molecule has 3 N–H and O–H groups in total. The molecule has 0 amide bonds. The molecule has 1 atom stereocenters. The van der Waals surface area contributed by atoms with Crippen molar-refractivity contribution in [3.05, 3.63) is 24.5 Å². The molecule has 2 aromatic rings. The number of nitrogens with one attached hydrogen (secondary N) is 1. The van der Waals surface area contributed by atoms with Crippen LogP contribution in [0.2, 0.25) is 0 Å². The summed E-state index contributed by atoms with van der Waals surface area (Å²) < 4.78 is 11.3. The molecular weight excluding hydrogens is 248 g/mol. The Hall–Kier alpha value is -1.69. The van der Waals surface area contributed by atoms with Crippen molar-refractivity contribution in [2.24, 2.45) is 0 Å². The molecule has 0 aliphatic heterocycles. The average Bonchev–Trinajstić information content (AvgIpc) is 2.38. The standard InChI is InChI=1S/C12H16N4OS/c1-2-18(17)6-5-14-12-10-4-3-9(13)7-11(10)15-8-16-12/h3-4,7-8H,2,5-6,13H2,1H3,(H,14,15,16). The van der Waals surface area contributed by atoms with Gasteiger partial charge in [-0.3, -0.25) is 4.21 Å². The van der Waals surface area contributed by atoms with Crippen molar-refractivity contribution in [1.29, 1.82) is 0 Å². The Kier molecular flexibility index (Phi) is 4.09. The van der Waals surface area contributed by atoms with Crippen LogP contribution in [0.1, 0.15) is 6.92 Å². The van der Waals surface area contributed by atoms with E-state index in [9.17, 15) is 4.21 Å². The number of hydrogen-bond donors (Lipinski definition) is 2. The van der Waals surface area contributed by atoms with Gasteiger partial charge in [-0.05, 0) is 18.2 Å². The highest BCUT2D eigenvalue weighted by Crippen LogP contribution is 2.20. The first-order valence-electron chi connectivity index (χ1n) is 5.79. The topological polar surface area (TPSA) is 80.9 Å². The van der Waals surface area contributed by atoms with Crippen LogP contribution in [-0.4, -0.2) is 32.2 Å². The van der Waals surface area contributed by atoms with E-state index in [1.54, 1.807) is 0 Å². The fourth-order valence-electron chi connectivity index (χ4n) is 1.64. The van der Waals surface area contributed by atoms with Gasteiger partial charge in [-0.1, -0.05) is 6.92 Å². The molecule has 5 nitrogen and oxygen atoms in total. The van der Waals surface area contributed by atoms with Crippen LogP contribution in [0.5, 0.6) is 0 Å². The molecule has 2 rings (SSSR count). The van der Waals surface area contributed by atoms with Gasteiger partial charge in [0, 0.05) is 39.9 Å². The molecule has 18 heavy (non-hydrogen) atoms. The Bertz CT molecular complexity index is 573. The third-order valence-electron chi connectivity index (χ3n) is 2.60. The molecule has 1 unspecified atom stereocenters. The van der Waals surface area contributed by atoms with E-state index < -0.39 is 10.8 Å². The van der Waals surface area contributed by atoms with Gasteiger partial charge in [0.05, 0.1) is 5.52 Å². The largest absolute Gasteiger partial charge is 0.399 e. The zero-order valence-corrected chi connectivity index (χ0v) is 11.0. The van der Waals surface area contributed by atoms with E-state index in [1.807, 2.05) is 25.1 Å². The number of anilines is 2. The lowest BCUT2D eigenvalue weighted by Gasteiger charge is -2.08. The summed E-state index contributed by atoms with van der Waals surface area (Å²) in [6, 6.07) is 5.53. The van der Waals surface area contributed by atoms with E-state index in [1.165, 1.54) is 6.33 Å². The lowest BCUT2D eigenvalue weighted by molar-refractivity contribution is 0.684. The Morgan fingerprint density at radius 3 is 3.00 bits per heavy atom. The van der Waals surface area contributed by atoms with Gasteiger partial charge in [-0.2, -0.15) is 0 Å². The zero-order chi connectivity index (χ0) is 13.0. The first-order valence-corrected chi connectivity index (χ1v) is 7.28. The summed E-state index contributed by atoms with van der Waals surface area (Å²) in [4.78, 5) is 8.37.